The summed E-state index contributed by atoms with van der Waals surface area (Å²) in [6.07, 6.45) is 0.0471. The molecule has 4 rings (SSSR count). The standard InChI is InChI=1S/C22H21N3O3S/c1-12-13(2)28-20-17(12)5-4-6-18(20)21(27)25-22-24-19(11-29-22)15-7-9-16(10-8-15)23-14(3)26/h4-13H,1-3H3,(H,23,26)(H,24,25,27). The van der Waals surface area contributed by atoms with Gasteiger partial charge in [0.05, 0.1) is 11.3 Å². The molecule has 148 valence electrons. The van der Waals surface area contributed by atoms with Crippen LogP contribution in [0.1, 0.15) is 42.6 Å². The Bertz CT molecular complexity index is 1080. The number of thiazole rings is 1. The smallest absolute Gasteiger partial charge is 0.261 e. The molecule has 6 nitrogen and oxygen atoms in total. The molecule has 2 heterocycles. The van der Waals surface area contributed by atoms with Crippen LogP contribution in [0.5, 0.6) is 5.75 Å². The first kappa shape index (κ1) is 19.1. The first-order valence-electron chi connectivity index (χ1n) is 9.37. The SMILES string of the molecule is CC(=O)Nc1ccc(-c2csc(NC(=O)c3cccc4c3OC(C)C4C)n2)cc1. The van der Waals surface area contributed by atoms with Gasteiger partial charge in [0, 0.05) is 35.0 Å². The molecular weight excluding hydrogens is 386 g/mol. The van der Waals surface area contributed by atoms with E-state index in [0.717, 1.165) is 22.5 Å². The molecule has 2 atom stereocenters. The molecule has 2 N–H and O–H groups in total. The van der Waals surface area contributed by atoms with Gasteiger partial charge in [-0.15, -0.1) is 11.3 Å². The number of benzene rings is 2. The third kappa shape index (κ3) is 3.86. The van der Waals surface area contributed by atoms with Crippen molar-refractivity contribution >= 4 is 34.0 Å². The molecule has 0 aliphatic carbocycles. The van der Waals surface area contributed by atoms with Crippen LogP contribution in [-0.2, 0) is 4.79 Å². The fourth-order valence-electron chi connectivity index (χ4n) is 3.32. The van der Waals surface area contributed by atoms with Gasteiger partial charge in [-0.1, -0.05) is 31.2 Å². The van der Waals surface area contributed by atoms with E-state index in [-0.39, 0.29) is 23.8 Å². The molecule has 0 spiro atoms. The maximum Gasteiger partial charge on any atom is 0.261 e. The summed E-state index contributed by atoms with van der Waals surface area (Å²) >= 11 is 1.36. The molecule has 1 aromatic heterocycles. The Labute approximate surface area is 172 Å². The Morgan fingerprint density at radius 2 is 1.83 bits per heavy atom. The van der Waals surface area contributed by atoms with Crippen LogP contribution in [-0.4, -0.2) is 22.9 Å². The number of rotatable bonds is 4. The number of aromatic nitrogens is 1. The maximum atomic E-state index is 12.8. The van der Waals surface area contributed by atoms with Crippen molar-refractivity contribution in [2.75, 3.05) is 10.6 Å². The van der Waals surface area contributed by atoms with Crippen LogP contribution >= 0.6 is 11.3 Å². The van der Waals surface area contributed by atoms with Crippen molar-refractivity contribution in [3.8, 4) is 17.0 Å². The van der Waals surface area contributed by atoms with E-state index < -0.39 is 0 Å². The molecule has 2 amide bonds. The summed E-state index contributed by atoms with van der Waals surface area (Å²) in [5, 5.41) is 8.02. The molecular formula is C22H21N3O3S. The van der Waals surface area contributed by atoms with Gasteiger partial charge in [0.25, 0.3) is 5.91 Å². The number of carbonyl (C=O) groups excluding carboxylic acids is 2. The third-order valence-electron chi connectivity index (χ3n) is 5.01. The fourth-order valence-corrected chi connectivity index (χ4v) is 4.04. The van der Waals surface area contributed by atoms with Crippen LogP contribution in [0.2, 0.25) is 0 Å². The summed E-state index contributed by atoms with van der Waals surface area (Å²) in [4.78, 5) is 28.5. The Balaban J connectivity index is 1.50. The Morgan fingerprint density at radius 1 is 1.07 bits per heavy atom. The number of hydrogen-bond acceptors (Lipinski definition) is 5. The van der Waals surface area contributed by atoms with Gasteiger partial charge in [-0.05, 0) is 25.1 Å². The van der Waals surface area contributed by atoms with Gasteiger partial charge in [0.1, 0.15) is 11.9 Å². The number of amides is 2. The van der Waals surface area contributed by atoms with E-state index in [1.807, 2.05) is 48.7 Å². The van der Waals surface area contributed by atoms with E-state index in [1.54, 1.807) is 6.07 Å². The molecule has 0 radical (unpaired) electrons. The van der Waals surface area contributed by atoms with Gasteiger partial charge >= 0.3 is 0 Å². The average Bonchev–Trinajstić information content (AvgIpc) is 3.27. The molecule has 7 heteroatoms. The van der Waals surface area contributed by atoms with Gasteiger partial charge < -0.3 is 10.1 Å². The lowest BCUT2D eigenvalue weighted by Crippen LogP contribution is -2.14. The van der Waals surface area contributed by atoms with Gasteiger partial charge in [0.2, 0.25) is 5.91 Å². The van der Waals surface area contributed by atoms with Crippen LogP contribution < -0.4 is 15.4 Å². The molecule has 1 aliphatic heterocycles. The molecule has 0 saturated carbocycles. The monoisotopic (exact) mass is 407 g/mol. The van der Waals surface area contributed by atoms with E-state index in [0.29, 0.717) is 16.4 Å². The summed E-state index contributed by atoms with van der Waals surface area (Å²) < 4.78 is 5.91. The van der Waals surface area contributed by atoms with E-state index in [9.17, 15) is 9.59 Å². The summed E-state index contributed by atoms with van der Waals surface area (Å²) in [5.41, 5.74) is 3.98. The minimum atomic E-state index is -0.231. The van der Waals surface area contributed by atoms with Crippen molar-refractivity contribution in [1.82, 2.24) is 4.98 Å². The second-order valence-corrected chi connectivity index (χ2v) is 7.94. The molecule has 2 aromatic carbocycles. The first-order chi connectivity index (χ1) is 13.9. The topological polar surface area (TPSA) is 80.3 Å². The molecule has 0 saturated heterocycles. The second-order valence-electron chi connectivity index (χ2n) is 7.09. The number of hydrogen-bond donors (Lipinski definition) is 2. The van der Waals surface area contributed by atoms with Crippen LogP contribution in [0, 0.1) is 0 Å². The second kappa shape index (κ2) is 7.67. The minimum absolute atomic E-state index is 0.0471. The van der Waals surface area contributed by atoms with Crippen molar-refractivity contribution < 1.29 is 14.3 Å². The number of para-hydroxylation sites is 1. The Hall–Kier alpha value is -3.19. The summed E-state index contributed by atoms with van der Waals surface area (Å²) in [6, 6.07) is 13.1. The molecule has 0 bridgehead atoms. The lowest BCUT2D eigenvalue weighted by Gasteiger charge is -2.09. The van der Waals surface area contributed by atoms with Crippen molar-refractivity contribution in [2.24, 2.45) is 0 Å². The minimum Gasteiger partial charge on any atom is -0.489 e. The van der Waals surface area contributed by atoms with E-state index in [1.165, 1.54) is 18.3 Å². The lowest BCUT2D eigenvalue weighted by atomic mass is 9.97. The maximum absolute atomic E-state index is 12.8. The number of nitrogens with one attached hydrogen (secondary N) is 2. The first-order valence-corrected chi connectivity index (χ1v) is 10.2. The number of carbonyl (C=O) groups is 2. The van der Waals surface area contributed by atoms with Crippen molar-refractivity contribution in [1.29, 1.82) is 0 Å². The lowest BCUT2D eigenvalue weighted by molar-refractivity contribution is -0.114. The number of nitrogens with zero attached hydrogens (tertiary/aromatic N) is 1. The highest BCUT2D eigenvalue weighted by atomic mass is 32.1. The number of fused-ring (bicyclic) bond motifs is 1. The number of anilines is 2. The summed E-state index contributed by atoms with van der Waals surface area (Å²) in [7, 11) is 0. The van der Waals surface area contributed by atoms with Crippen LogP contribution in [0.4, 0.5) is 10.8 Å². The summed E-state index contributed by atoms with van der Waals surface area (Å²) in [6.45, 7) is 5.58. The quantitative estimate of drug-likeness (QED) is 0.644. The Kier molecular flexibility index (Phi) is 5.07. The highest BCUT2D eigenvalue weighted by Gasteiger charge is 2.31. The van der Waals surface area contributed by atoms with E-state index in [4.69, 9.17) is 4.74 Å². The molecule has 29 heavy (non-hydrogen) atoms. The fraction of sp³-hybridized carbons (Fsp3) is 0.227. The van der Waals surface area contributed by atoms with Gasteiger partial charge in [0.15, 0.2) is 5.13 Å². The zero-order valence-corrected chi connectivity index (χ0v) is 17.2. The van der Waals surface area contributed by atoms with Crippen LogP contribution in [0.15, 0.2) is 47.8 Å². The zero-order valence-electron chi connectivity index (χ0n) is 16.4. The molecule has 0 fully saturated rings. The van der Waals surface area contributed by atoms with Crippen LogP contribution in [0.25, 0.3) is 11.3 Å². The number of ether oxygens (including phenoxy) is 1. The third-order valence-corrected chi connectivity index (χ3v) is 5.77. The highest BCUT2D eigenvalue weighted by Crippen LogP contribution is 2.40. The van der Waals surface area contributed by atoms with Gasteiger partial charge in [-0.3, -0.25) is 14.9 Å². The average molecular weight is 407 g/mol. The van der Waals surface area contributed by atoms with E-state index in [2.05, 4.69) is 22.5 Å². The zero-order chi connectivity index (χ0) is 20.5. The summed E-state index contributed by atoms with van der Waals surface area (Å²) in [5.74, 6) is 0.571. The molecule has 3 aromatic rings. The molecule has 2 unspecified atom stereocenters. The van der Waals surface area contributed by atoms with Crippen LogP contribution in [0.3, 0.4) is 0 Å². The van der Waals surface area contributed by atoms with Gasteiger partial charge in [-0.2, -0.15) is 0 Å². The molecule has 1 aliphatic rings. The van der Waals surface area contributed by atoms with Crippen molar-refractivity contribution in [2.45, 2.75) is 32.8 Å². The Morgan fingerprint density at radius 3 is 2.55 bits per heavy atom. The normalized spacial score (nSPS) is 17.3. The largest absolute Gasteiger partial charge is 0.489 e. The van der Waals surface area contributed by atoms with Gasteiger partial charge in [-0.25, -0.2) is 4.98 Å². The van der Waals surface area contributed by atoms with Crippen molar-refractivity contribution in [3.05, 3.63) is 59.0 Å². The van der Waals surface area contributed by atoms with E-state index >= 15 is 0 Å². The predicted molar refractivity (Wildman–Crippen MR) is 115 cm³/mol. The highest BCUT2D eigenvalue weighted by molar-refractivity contribution is 7.14. The van der Waals surface area contributed by atoms with Crippen molar-refractivity contribution in [3.63, 3.8) is 0 Å². The predicted octanol–water partition coefficient (Wildman–Crippen LogP) is 4.91.